The van der Waals surface area contributed by atoms with E-state index in [1.807, 2.05) is 5.32 Å². The van der Waals surface area contributed by atoms with E-state index >= 15 is 0 Å². The number of nitrogens with zero attached hydrogens (tertiary/aromatic N) is 2. The fourth-order valence-corrected chi connectivity index (χ4v) is 7.66. The number of para-hydroxylation sites is 1. The van der Waals surface area contributed by atoms with Crippen LogP contribution in [-0.2, 0) is 60.8 Å². The minimum atomic E-state index is -1.63. The number of aliphatic hydroxyl groups excluding tert-OH is 1. The van der Waals surface area contributed by atoms with Gasteiger partial charge in [-0.15, -0.1) is 0 Å². The van der Waals surface area contributed by atoms with E-state index in [1.54, 1.807) is 30.5 Å². The number of likely N-dealkylation sites (tertiary alicyclic amines) is 1. The van der Waals surface area contributed by atoms with Crippen molar-refractivity contribution in [2.45, 2.75) is 87.6 Å². The lowest BCUT2D eigenvalue weighted by Crippen LogP contribution is -2.89. The first-order valence-electron chi connectivity index (χ1n) is 21.4. The van der Waals surface area contributed by atoms with Crippen molar-refractivity contribution in [2.24, 2.45) is 5.73 Å². The number of hydrogen-bond acceptors (Lipinski definition) is 12. The molecule has 2 aliphatic rings. The van der Waals surface area contributed by atoms with Gasteiger partial charge >= 0.3 is 5.97 Å². The van der Waals surface area contributed by atoms with Gasteiger partial charge in [0.2, 0.25) is 47.3 Å². The van der Waals surface area contributed by atoms with Crippen molar-refractivity contribution >= 4 is 70.0 Å². The standard InChI is InChI=1S/C41H55N13O12/c42-32(56)10-9-27(40(64)54-12-4-8-31(54)41(65)66)50-35(59)19-48-36(60)28(13-22-15-45-25-6-2-1-5-24(22)25)52-39(63)30(20-55)51-34(58)18-46-33(57)17-47-37(61)29(14-23-16-43-21-49-23)53-38(62)26-7-3-11-44-26/h1-2,5-6,15-16,21,26-31,44-45,55H,3-4,7-14,17-20H2,(H2,42,56)(H,43,49)(H,46,57)(H,47,61)(H,48,60)(H,50,59)(H,51,58)(H,52,63)(H,53,62)(H,65,66)/p+1/t26-,27-,28-,29-,30-,31-/m0/s1. The highest BCUT2D eigenvalue weighted by atomic mass is 16.4. The molecule has 3 aromatic rings. The van der Waals surface area contributed by atoms with Crippen molar-refractivity contribution in [1.29, 1.82) is 0 Å². The summed E-state index contributed by atoms with van der Waals surface area (Å²) in [6, 6.07) is 0.217. The highest BCUT2D eigenvalue weighted by Crippen LogP contribution is 2.21. The van der Waals surface area contributed by atoms with Crippen LogP contribution in [0.4, 0.5) is 0 Å². The maximum Gasteiger partial charge on any atom is 0.326 e. The largest absolute Gasteiger partial charge is 0.480 e. The van der Waals surface area contributed by atoms with Crippen molar-refractivity contribution in [2.75, 3.05) is 39.3 Å². The van der Waals surface area contributed by atoms with Crippen LogP contribution in [-0.4, -0.2) is 165 Å². The number of hydrogen-bond donors (Lipinski definition) is 13. The van der Waals surface area contributed by atoms with Crippen LogP contribution in [0.3, 0.4) is 0 Å². The number of carboxylic acid groups (broad SMARTS) is 1. The van der Waals surface area contributed by atoms with Crippen molar-refractivity contribution in [3.63, 3.8) is 0 Å². The third-order valence-electron chi connectivity index (χ3n) is 11.1. The highest BCUT2D eigenvalue weighted by molar-refractivity contribution is 5.97. The van der Waals surface area contributed by atoms with Gasteiger partial charge in [0.25, 0.3) is 5.91 Å². The Morgan fingerprint density at radius 3 is 2.12 bits per heavy atom. The quantitative estimate of drug-likeness (QED) is 0.0399. The molecule has 0 spiro atoms. The summed E-state index contributed by atoms with van der Waals surface area (Å²) in [5, 5.41) is 39.3. The van der Waals surface area contributed by atoms with Gasteiger partial charge in [0, 0.05) is 67.6 Å². The number of aliphatic carboxylic acids is 1. The molecule has 0 aliphatic carbocycles. The first-order chi connectivity index (χ1) is 31.6. The summed E-state index contributed by atoms with van der Waals surface area (Å²) < 4.78 is 0. The van der Waals surface area contributed by atoms with Crippen LogP contribution in [0, 0.1) is 0 Å². The molecular formula is C41H56N13O12+. The maximum absolute atomic E-state index is 13.7. The number of amides is 9. The number of primary amides is 1. The van der Waals surface area contributed by atoms with Crippen molar-refractivity contribution in [3.05, 3.63) is 54.2 Å². The summed E-state index contributed by atoms with van der Waals surface area (Å²) in [5.74, 6) is -8.18. The molecule has 1 aromatic carbocycles. The zero-order valence-corrected chi connectivity index (χ0v) is 35.9. The third-order valence-corrected chi connectivity index (χ3v) is 11.1. The molecular weight excluding hydrogens is 867 g/mol. The molecule has 25 nitrogen and oxygen atoms in total. The average molecular weight is 923 g/mol. The van der Waals surface area contributed by atoms with Gasteiger partial charge in [0.05, 0.1) is 39.1 Å². The molecule has 356 valence electrons. The number of nitrogens with one attached hydrogen (secondary N) is 9. The number of carbonyl (C=O) groups excluding carboxylic acids is 9. The van der Waals surface area contributed by atoms with Crippen LogP contribution in [0.15, 0.2) is 43.0 Å². The summed E-state index contributed by atoms with van der Waals surface area (Å²) in [6.45, 7) is -2.01. The van der Waals surface area contributed by atoms with E-state index in [2.05, 4.69) is 52.2 Å². The van der Waals surface area contributed by atoms with E-state index in [4.69, 9.17) is 5.73 Å². The first kappa shape index (κ1) is 49.6. The molecule has 0 radical (unpaired) electrons. The minimum absolute atomic E-state index is 0.0671. The molecule has 2 saturated heterocycles. The number of aromatic nitrogens is 3. The number of quaternary nitrogens is 1. The number of imidazole rings is 1. The topological polar surface area (TPSA) is 386 Å². The second-order valence-corrected chi connectivity index (χ2v) is 15.9. The zero-order valence-electron chi connectivity index (χ0n) is 35.9. The van der Waals surface area contributed by atoms with Crippen molar-refractivity contribution < 1.29 is 63.5 Å². The fourth-order valence-electron chi connectivity index (χ4n) is 7.66. The Morgan fingerprint density at radius 2 is 1.47 bits per heavy atom. The zero-order chi connectivity index (χ0) is 47.8. The van der Waals surface area contributed by atoms with Crippen LogP contribution in [0.1, 0.15) is 49.8 Å². The fraction of sp³-hybridized carbons (Fsp3) is 0.488. The third kappa shape index (κ3) is 14.3. The molecule has 25 heteroatoms. The second kappa shape index (κ2) is 24.0. The molecule has 0 unspecified atom stereocenters. The molecule has 2 aromatic heterocycles. The second-order valence-electron chi connectivity index (χ2n) is 15.9. The Morgan fingerprint density at radius 1 is 0.788 bits per heavy atom. The Hall–Kier alpha value is -7.41. The predicted molar refractivity (Wildman–Crippen MR) is 229 cm³/mol. The number of carboxylic acids is 1. The van der Waals surface area contributed by atoms with Gasteiger partial charge in [0.15, 0.2) is 6.04 Å². The monoisotopic (exact) mass is 922 g/mol. The normalized spacial score (nSPS) is 17.4. The van der Waals surface area contributed by atoms with Crippen LogP contribution in [0.5, 0.6) is 0 Å². The molecule has 2 fully saturated rings. The van der Waals surface area contributed by atoms with Crippen LogP contribution < -0.4 is 48.3 Å². The highest BCUT2D eigenvalue weighted by Gasteiger charge is 2.38. The number of fused-ring (bicyclic) bond motifs is 1. The average Bonchev–Trinajstić information content (AvgIpc) is 4.15. The predicted octanol–water partition coefficient (Wildman–Crippen LogP) is -5.98. The van der Waals surface area contributed by atoms with Crippen molar-refractivity contribution in [3.8, 4) is 0 Å². The number of H-pyrrole nitrogens is 2. The molecule has 5 rings (SSSR count). The van der Waals surface area contributed by atoms with E-state index in [1.165, 1.54) is 12.5 Å². The lowest BCUT2D eigenvalue weighted by molar-refractivity contribution is -0.657. The summed E-state index contributed by atoms with van der Waals surface area (Å²) in [5.41, 5.74) is 7.13. The number of nitrogens with two attached hydrogens (primary N) is 2. The molecule has 4 heterocycles. The SMILES string of the molecule is NC(=O)CC[C@H](NC(=O)CNC(=O)[C@H](Cc1c[nH]c2ccccc12)NC(=O)[C@H](CO)NC(=O)CNC(=O)CNC(=O)[C@H](Cc1cnc[nH]1)NC(=O)[C@@H]1CCC[NH2+]1)C(=O)N1CCC[C@H]1C(=O)O. The van der Waals surface area contributed by atoms with E-state index < -0.39 is 110 Å². The summed E-state index contributed by atoms with van der Waals surface area (Å²) in [7, 11) is 0. The van der Waals surface area contributed by atoms with E-state index in [0.717, 1.165) is 17.9 Å². The van der Waals surface area contributed by atoms with Gasteiger partial charge in [-0.1, -0.05) is 18.2 Å². The number of carbonyl (C=O) groups is 10. The molecule has 9 amide bonds. The van der Waals surface area contributed by atoms with Gasteiger partial charge in [-0.2, -0.15) is 0 Å². The Labute approximate surface area is 376 Å². The molecule has 15 N–H and O–H groups in total. The van der Waals surface area contributed by atoms with Crippen LogP contribution >= 0.6 is 0 Å². The number of rotatable bonds is 24. The smallest absolute Gasteiger partial charge is 0.326 e. The molecule has 2 aliphatic heterocycles. The van der Waals surface area contributed by atoms with E-state index in [9.17, 15) is 58.2 Å². The van der Waals surface area contributed by atoms with E-state index in [-0.39, 0.29) is 50.6 Å². The van der Waals surface area contributed by atoms with Gasteiger partial charge in [-0.3, -0.25) is 43.2 Å². The molecule has 0 bridgehead atoms. The minimum Gasteiger partial charge on any atom is -0.480 e. The van der Waals surface area contributed by atoms with E-state index in [0.29, 0.717) is 35.0 Å². The first-order valence-corrected chi connectivity index (χ1v) is 21.4. The number of aliphatic hydroxyl groups is 1. The molecule has 0 saturated carbocycles. The molecule has 6 atom stereocenters. The Bertz CT molecular complexity index is 2240. The lowest BCUT2D eigenvalue weighted by atomic mass is 10.0. The Balaban J connectivity index is 1.16. The van der Waals surface area contributed by atoms with Crippen LogP contribution in [0.25, 0.3) is 10.9 Å². The maximum atomic E-state index is 13.7. The Kier molecular flexibility index (Phi) is 18.1. The number of benzene rings is 1. The van der Waals surface area contributed by atoms with Gasteiger partial charge < -0.3 is 73.3 Å². The van der Waals surface area contributed by atoms with Gasteiger partial charge in [0.1, 0.15) is 30.2 Å². The van der Waals surface area contributed by atoms with Crippen molar-refractivity contribution in [1.82, 2.24) is 57.1 Å². The lowest BCUT2D eigenvalue weighted by Gasteiger charge is -2.27. The number of aromatic amines is 2. The van der Waals surface area contributed by atoms with Gasteiger partial charge in [-0.05, 0) is 30.9 Å². The summed E-state index contributed by atoms with van der Waals surface area (Å²) >= 11 is 0. The summed E-state index contributed by atoms with van der Waals surface area (Å²) in [4.78, 5) is 139. The molecule has 66 heavy (non-hydrogen) atoms. The summed E-state index contributed by atoms with van der Waals surface area (Å²) in [6.07, 6.45) is 6.03. The van der Waals surface area contributed by atoms with Crippen LogP contribution in [0.2, 0.25) is 0 Å². The van der Waals surface area contributed by atoms with Gasteiger partial charge in [-0.25, -0.2) is 9.78 Å².